The van der Waals surface area contributed by atoms with E-state index in [0.717, 1.165) is 11.1 Å². The van der Waals surface area contributed by atoms with Gasteiger partial charge in [-0.15, -0.1) is 0 Å². The van der Waals surface area contributed by atoms with E-state index >= 15 is 0 Å². The monoisotopic (exact) mass is 350 g/mol. The number of rotatable bonds is 6. The summed E-state index contributed by atoms with van der Waals surface area (Å²) >= 11 is 12.0. The molecule has 0 aliphatic rings. The number of nitrogens with two attached hydrogens (primary N) is 1. The van der Waals surface area contributed by atoms with Gasteiger partial charge in [0, 0.05) is 16.1 Å². The maximum absolute atomic E-state index is 12.2. The molecular weight excluding hydrogens is 331 g/mol. The van der Waals surface area contributed by atoms with Gasteiger partial charge in [0.25, 0.3) is 0 Å². The van der Waals surface area contributed by atoms with E-state index in [2.05, 4.69) is 5.32 Å². The SMILES string of the molecule is CC(Cc1ccc(Cl)cc1Cl)NC(=O)[C@@H](N)Cc1ccccc1. The molecule has 0 spiro atoms. The highest BCUT2D eigenvalue weighted by molar-refractivity contribution is 6.35. The topological polar surface area (TPSA) is 55.1 Å². The van der Waals surface area contributed by atoms with Crippen molar-refractivity contribution in [3.8, 4) is 0 Å². The molecular formula is C18H20Cl2N2O. The number of hydrogen-bond donors (Lipinski definition) is 2. The molecule has 122 valence electrons. The Balaban J connectivity index is 1.88. The summed E-state index contributed by atoms with van der Waals surface area (Å²) in [4.78, 5) is 12.2. The smallest absolute Gasteiger partial charge is 0.237 e. The minimum absolute atomic E-state index is 0.0667. The van der Waals surface area contributed by atoms with E-state index in [1.54, 1.807) is 12.1 Å². The van der Waals surface area contributed by atoms with Crippen LogP contribution in [0.2, 0.25) is 10.0 Å². The first-order valence-corrected chi connectivity index (χ1v) is 8.25. The highest BCUT2D eigenvalue weighted by Gasteiger charge is 2.17. The zero-order valence-electron chi connectivity index (χ0n) is 12.9. The van der Waals surface area contributed by atoms with Crippen molar-refractivity contribution in [2.45, 2.75) is 31.8 Å². The second-order valence-electron chi connectivity index (χ2n) is 5.65. The van der Waals surface area contributed by atoms with E-state index in [1.807, 2.05) is 43.3 Å². The fourth-order valence-electron chi connectivity index (χ4n) is 2.38. The lowest BCUT2D eigenvalue weighted by atomic mass is 10.0. The van der Waals surface area contributed by atoms with Crippen molar-refractivity contribution in [3.05, 3.63) is 69.7 Å². The normalized spacial score (nSPS) is 13.4. The number of nitrogens with one attached hydrogen (secondary N) is 1. The molecule has 1 unspecified atom stereocenters. The summed E-state index contributed by atoms with van der Waals surface area (Å²) in [5, 5.41) is 4.14. The lowest BCUT2D eigenvalue weighted by molar-refractivity contribution is -0.122. The molecule has 5 heteroatoms. The molecule has 0 radical (unpaired) electrons. The van der Waals surface area contributed by atoms with Crippen molar-refractivity contribution in [2.24, 2.45) is 5.73 Å². The summed E-state index contributed by atoms with van der Waals surface area (Å²) in [6.45, 7) is 1.93. The van der Waals surface area contributed by atoms with Gasteiger partial charge in [0.2, 0.25) is 5.91 Å². The number of carbonyl (C=O) groups is 1. The third-order valence-electron chi connectivity index (χ3n) is 3.57. The van der Waals surface area contributed by atoms with Gasteiger partial charge in [-0.3, -0.25) is 4.79 Å². The van der Waals surface area contributed by atoms with E-state index < -0.39 is 6.04 Å². The second kappa shape index (κ2) is 8.34. The van der Waals surface area contributed by atoms with E-state index in [4.69, 9.17) is 28.9 Å². The summed E-state index contributed by atoms with van der Waals surface area (Å²) in [6.07, 6.45) is 1.14. The third-order valence-corrected chi connectivity index (χ3v) is 4.15. The first kappa shape index (κ1) is 17.8. The number of halogens is 2. The second-order valence-corrected chi connectivity index (χ2v) is 6.49. The molecule has 23 heavy (non-hydrogen) atoms. The van der Waals surface area contributed by atoms with Crippen LogP contribution in [0.5, 0.6) is 0 Å². The number of benzene rings is 2. The van der Waals surface area contributed by atoms with Crippen LogP contribution in [-0.2, 0) is 17.6 Å². The molecule has 0 aliphatic heterocycles. The zero-order valence-corrected chi connectivity index (χ0v) is 14.4. The fraction of sp³-hybridized carbons (Fsp3) is 0.278. The van der Waals surface area contributed by atoms with Crippen LogP contribution in [0, 0.1) is 0 Å². The van der Waals surface area contributed by atoms with Gasteiger partial charge in [0.15, 0.2) is 0 Å². The van der Waals surface area contributed by atoms with Crippen molar-refractivity contribution in [2.75, 3.05) is 0 Å². The minimum Gasteiger partial charge on any atom is -0.352 e. The van der Waals surface area contributed by atoms with E-state index in [9.17, 15) is 4.79 Å². The van der Waals surface area contributed by atoms with Crippen LogP contribution >= 0.6 is 23.2 Å². The van der Waals surface area contributed by atoms with Gasteiger partial charge in [-0.25, -0.2) is 0 Å². The van der Waals surface area contributed by atoms with Gasteiger partial charge >= 0.3 is 0 Å². The minimum atomic E-state index is -0.569. The molecule has 0 aliphatic carbocycles. The molecule has 0 heterocycles. The molecule has 2 aromatic rings. The lowest BCUT2D eigenvalue weighted by Crippen LogP contribution is -2.46. The molecule has 0 bridgehead atoms. The van der Waals surface area contributed by atoms with Crippen LogP contribution in [0.25, 0.3) is 0 Å². The van der Waals surface area contributed by atoms with Crippen molar-refractivity contribution >= 4 is 29.1 Å². The molecule has 2 atom stereocenters. The first-order chi connectivity index (χ1) is 11.0. The molecule has 0 aromatic heterocycles. The average Bonchev–Trinajstić information content (AvgIpc) is 2.51. The van der Waals surface area contributed by atoms with Gasteiger partial charge in [0.1, 0.15) is 0 Å². The standard InChI is InChI=1S/C18H20Cl2N2O/c1-12(9-14-7-8-15(19)11-16(14)20)22-18(23)17(21)10-13-5-3-2-4-6-13/h2-8,11-12,17H,9-10,21H2,1H3,(H,22,23)/t12?,17-/m0/s1. The Labute approximate surface area is 146 Å². The Morgan fingerprint density at radius 2 is 1.83 bits per heavy atom. The average molecular weight is 351 g/mol. The molecule has 3 nitrogen and oxygen atoms in total. The summed E-state index contributed by atoms with van der Waals surface area (Å²) in [7, 11) is 0. The summed E-state index contributed by atoms with van der Waals surface area (Å²) < 4.78 is 0. The van der Waals surface area contributed by atoms with Crippen LogP contribution < -0.4 is 11.1 Å². The van der Waals surface area contributed by atoms with Gasteiger partial charge in [-0.1, -0.05) is 59.6 Å². The van der Waals surface area contributed by atoms with E-state index in [0.29, 0.717) is 22.9 Å². The maximum atomic E-state index is 12.2. The fourth-order valence-corrected chi connectivity index (χ4v) is 2.86. The molecule has 1 amide bonds. The molecule has 3 N–H and O–H groups in total. The van der Waals surface area contributed by atoms with Gasteiger partial charge in [-0.05, 0) is 43.0 Å². The van der Waals surface area contributed by atoms with Crippen LogP contribution in [0.1, 0.15) is 18.1 Å². The predicted octanol–water partition coefficient (Wildman–Crippen LogP) is 3.61. The van der Waals surface area contributed by atoms with Crippen molar-refractivity contribution in [3.63, 3.8) is 0 Å². The quantitative estimate of drug-likeness (QED) is 0.835. The van der Waals surface area contributed by atoms with Crippen LogP contribution in [0.4, 0.5) is 0 Å². The van der Waals surface area contributed by atoms with Crippen LogP contribution in [0.15, 0.2) is 48.5 Å². The summed E-state index contributed by atoms with van der Waals surface area (Å²) in [6, 6.07) is 14.5. The van der Waals surface area contributed by atoms with Crippen molar-refractivity contribution < 1.29 is 4.79 Å². The van der Waals surface area contributed by atoms with Crippen LogP contribution in [-0.4, -0.2) is 18.0 Å². The van der Waals surface area contributed by atoms with Gasteiger partial charge in [0.05, 0.1) is 6.04 Å². The molecule has 2 aromatic carbocycles. The van der Waals surface area contributed by atoms with Crippen molar-refractivity contribution in [1.82, 2.24) is 5.32 Å². The van der Waals surface area contributed by atoms with Crippen molar-refractivity contribution in [1.29, 1.82) is 0 Å². The highest BCUT2D eigenvalue weighted by Crippen LogP contribution is 2.22. The van der Waals surface area contributed by atoms with Gasteiger partial charge in [-0.2, -0.15) is 0 Å². The Morgan fingerprint density at radius 1 is 1.13 bits per heavy atom. The largest absolute Gasteiger partial charge is 0.352 e. The van der Waals surface area contributed by atoms with E-state index in [1.165, 1.54) is 0 Å². The first-order valence-electron chi connectivity index (χ1n) is 7.49. The molecule has 0 saturated carbocycles. The van der Waals surface area contributed by atoms with E-state index in [-0.39, 0.29) is 11.9 Å². The lowest BCUT2D eigenvalue weighted by Gasteiger charge is -2.18. The third kappa shape index (κ3) is 5.54. The maximum Gasteiger partial charge on any atom is 0.237 e. The summed E-state index contributed by atoms with van der Waals surface area (Å²) in [5.41, 5.74) is 7.97. The molecule has 0 saturated heterocycles. The number of carbonyl (C=O) groups excluding carboxylic acids is 1. The highest BCUT2D eigenvalue weighted by atomic mass is 35.5. The summed E-state index contributed by atoms with van der Waals surface area (Å²) in [5.74, 6) is -0.161. The zero-order chi connectivity index (χ0) is 16.8. The number of hydrogen-bond acceptors (Lipinski definition) is 2. The van der Waals surface area contributed by atoms with Gasteiger partial charge < -0.3 is 11.1 Å². The number of amides is 1. The Morgan fingerprint density at radius 3 is 2.48 bits per heavy atom. The Hall–Kier alpha value is -1.55. The predicted molar refractivity (Wildman–Crippen MR) is 95.9 cm³/mol. The Kier molecular flexibility index (Phi) is 6.46. The van der Waals surface area contributed by atoms with Crippen LogP contribution in [0.3, 0.4) is 0 Å². The molecule has 2 rings (SSSR count). The Bertz CT molecular complexity index is 661. The molecule has 0 fully saturated rings.